The Morgan fingerprint density at radius 1 is 1.19 bits per heavy atom. The Morgan fingerprint density at radius 3 is 2.74 bits per heavy atom. The van der Waals surface area contributed by atoms with Crippen molar-refractivity contribution in [3.8, 4) is 0 Å². The van der Waals surface area contributed by atoms with Crippen LogP contribution in [0.4, 0.5) is 4.39 Å². The van der Waals surface area contributed by atoms with Crippen LogP contribution in [-0.4, -0.2) is 21.8 Å². The van der Waals surface area contributed by atoms with Gasteiger partial charge in [0.25, 0.3) is 0 Å². The summed E-state index contributed by atoms with van der Waals surface area (Å²) in [6.07, 6.45) is 5.12. The van der Waals surface area contributed by atoms with Gasteiger partial charge in [0.05, 0.1) is 11.2 Å². The second kappa shape index (κ2) is 7.49. The van der Waals surface area contributed by atoms with Gasteiger partial charge in [0.1, 0.15) is 5.82 Å². The highest BCUT2D eigenvalue weighted by atomic mass is 35.5. The van der Waals surface area contributed by atoms with E-state index in [-0.39, 0.29) is 24.3 Å². The summed E-state index contributed by atoms with van der Waals surface area (Å²) in [5, 5.41) is 1.61. The third kappa shape index (κ3) is 4.17. The number of hydrogen-bond acceptors (Lipinski definition) is 2. The molecule has 0 bridgehead atoms. The molecule has 5 heteroatoms. The normalized spacial score (nSPS) is 14.0. The van der Waals surface area contributed by atoms with Crippen molar-refractivity contribution in [1.82, 2.24) is 9.88 Å². The van der Waals surface area contributed by atoms with Crippen molar-refractivity contribution in [2.75, 3.05) is 0 Å². The second-order valence-corrected chi connectivity index (χ2v) is 7.13. The topological polar surface area (TPSA) is 33.2 Å². The smallest absolute Gasteiger partial charge is 0.247 e. The lowest BCUT2D eigenvalue weighted by molar-refractivity contribution is -0.127. The molecule has 1 amide bonds. The van der Waals surface area contributed by atoms with Crippen LogP contribution in [-0.2, 0) is 11.3 Å². The number of aromatic nitrogens is 1. The minimum Gasteiger partial charge on any atom is -0.332 e. The van der Waals surface area contributed by atoms with E-state index in [9.17, 15) is 9.18 Å². The van der Waals surface area contributed by atoms with Crippen LogP contribution in [0.25, 0.3) is 17.0 Å². The number of carbonyl (C=O) groups is 1. The molecule has 2 aromatic carbocycles. The fourth-order valence-electron chi connectivity index (χ4n) is 3.03. The number of benzene rings is 2. The molecule has 1 aromatic heterocycles. The highest BCUT2D eigenvalue weighted by Gasteiger charge is 2.32. The zero-order valence-corrected chi connectivity index (χ0v) is 15.4. The SMILES string of the molecule is O=C(C=Cc1ccc2ccc(Cl)cc2n1)N(Cc1ccccc1F)C1CC1. The molecule has 136 valence electrons. The van der Waals surface area contributed by atoms with Crippen LogP contribution in [0.2, 0.25) is 5.02 Å². The lowest BCUT2D eigenvalue weighted by Gasteiger charge is -2.21. The Balaban J connectivity index is 1.53. The number of halogens is 2. The predicted octanol–water partition coefficient (Wildman–Crippen LogP) is 5.23. The molecular formula is C22H18ClFN2O. The summed E-state index contributed by atoms with van der Waals surface area (Å²) in [4.78, 5) is 19.0. The van der Waals surface area contributed by atoms with Gasteiger partial charge in [-0.25, -0.2) is 9.37 Å². The first-order valence-corrected chi connectivity index (χ1v) is 9.26. The third-order valence-electron chi connectivity index (χ3n) is 4.64. The van der Waals surface area contributed by atoms with E-state index in [0.717, 1.165) is 23.7 Å². The van der Waals surface area contributed by atoms with Crippen molar-refractivity contribution in [3.05, 3.63) is 82.8 Å². The van der Waals surface area contributed by atoms with Gasteiger partial charge in [-0.1, -0.05) is 41.9 Å². The zero-order chi connectivity index (χ0) is 18.8. The molecule has 0 aliphatic heterocycles. The van der Waals surface area contributed by atoms with Gasteiger partial charge in [-0.2, -0.15) is 0 Å². The van der Waals surface area contributed by atoms with Crippen molar-refractivity contribution in [1.29, 1.82) is 0 Å². The summed E-state index contributed by atoms with van der Waals surface area (Å²) in [5.74, 6) is -0.415. The molecule has 1 aliphatic rings. The van der Waals surface area contributed by atoms with Crippen LogP contribution < -0.4 is 0 Å². The van der Waals surface area contributed by atoms with E-state index in [1.165, 1.54) is 12.1 Å². The number of nitrogens with zero attached hydrogens (tertiary/aromatic N) is 2. The van der Waals surface area contributed by atoms with E-state index in [2.05, 4.69) is 4.98 Å². The summed E-state index contributed by atoms with van der Waals surface area (Å²) in [6, 6.07) is 16.1. The van der Waals surface area contributed by atoms with E-state index in [4.69, 9.17) is 11.6 Å². The summed E-state index contributed by atoms with van der Waals surface area (Å²) in [6.45, 7) is 0.279. The summed E-state index contributed by atoms with van der Waals surface area (Å²) < 4.78 is 14.0. The molecule has 0 saturated heterocycles. The maximum atomic E-state index is 14.0. The van der Waals surface area contributed by atoms with E-state index < -0.39 is 0 Å². The zero-order valence-electron chi connectivity index (χ0n) is 14.6. The molecular weight excluding hydrogens is 363 g/mol. The molecule has 0 spiro atoms. The largest absolute Gasteiger partial charge is 0.332 e. The molecule has 0 radical (unpaired) electrons. The van der Waals surface area contributed by atoms with Gasteiger partial charge in [0.15, 0.2) is 0 Å². The predicted molar refractivity (Wildman–Crippen MR) is 106 cm³/mol. The summed E-state index contributed by atoms with van der Waals surface area (Å²) in [5.41, 5.74) is 1.99. The van der Waals surface area contributed by atoms with Crippen molar-refractivity contribution in [2.24, 2.45) is 0 Å². The fraction of sp³-hybridized carbons (Fsp3) is 0.182. The van der Waals surface area contributed by atoms with Gasteiger partial charge < -0.3 is 4.90 Å². The van der Waals surface area contributed by atoms with Gasteiger partial charge in [-0.05, 0) is 43.2 Å². The maximum absolute atomic E-state index is 14.0. The van der Waals surface area contributed by atoms with Crippen molar-refractivity contribution in [2.45, 2.75) is 25.4 Å². The van der Waals surface area contributed by atoms with Gasteiger partial charge in [-0.3, -0.25) is 4.79 Å². The molecule has 27 heavy (non-hydrogen) atoms. The second-order valence-electron chi connectivity index (χ2n) is 6.70. The van der Waals surface area contributed by atoms with E-state index in [0.29, 0.717) is 16.3 Å². The lowest BCUT2D eigenvalue weighted by atomic mass is 10.2. The minimum atomic E-state index is -0.284. The Labute approximate surface area is 162 Å². The van der Waals surface area contributed by atoms with Crippen LogP contribution in [0.5, 0.6) is 0 Å². The van der Waals surface area contributed by atoms with Gasteiger partial charge in [0.2, 0.25) is 5.91 Å². The molecule has 0 N–H and O–H groups in total. The van der Waals surface area contributed by atoms with Crippen LogP contribution >= 0.6 is 11.6 Å². The van der Waals surface area contributed by atoms with Crippen LogP contribution in [0.15, 0.2) is 60.7 Å². The number of pyridine rings is 1. The molecule has 1 heterocycles. The Bertz CT molecular complexity index is 1030. The van der Waals surface area contributed by atoms with Crippen LogP contribution in [0.3, 0.4) is 0 Å². The number of rotatable bonds is 5. The first-order valence-electron chi connectivity index (χ1n) is 8.88. The van der Waals surface area contributed by atoms with Gasteiger partial charge >= 0.3 is 0 Å². The lowest BCUT2D eigenvalue weighted by Crippen LogP contribution is -2.31. The highest BCUT2D eigenvalue weighted by molar-refractivity contribution is 6.31. The van der Waals surface area contributed by atoms with E-state index >= 15 is 0 Å². The summed E-state index contributed by atoms with van der Waals surface area (Å²) >= 11 is 6.02. The third-order valence-corrected chi connectivity index (χ3v) is 4.88. The quantitative estimate of drug-likeness (QED) is 0.568. The number of fused-ring (bicyclic) bond motifs is 1. The number of hydrogen-bond donors (Lipinski definition) is 0. The Hall–Kier alpha value is -2.72. The number of carbonyl (C=O) groups excluding carboxylic acids is 1. The van der Waals surface area contributed by atoms with E-state index in [1.54, 1.807) is 35.2 Å². The van der Waals surface area contributed by atoms with Gasteiger partial charge in [0, 0.05) is 34.6 Å². The molecule has 3 aromatic rings. The standard InChI is InChI=1S/C22H18ClFN2O/c23-17-7-5-15-6-8-18(25-21(15)13-17)9-12-22(27)26(19-10-11-19)14-16-3-1-2-4-20(16)24/h1-9,12-13,19H,10-11,14H2. The Morgan fingerprint density at radius 2 is 1.96 bits per heavy atom. The highest BCUT2D eigenvalue weighted by Crippen LogP contribution is 2.29. The van der Waals surface area contributed by atoms with Crippen LogP contribution in [0.1, 0.15) is 24.1 Å². The molecule has 1 saturated carbocycles. The van der Waals surface area contributed by atoms with Crippen molar-refractivity contribution in [3.63, 3.8) is 0 Å². The van der Waals surface area contributed by atoms with Gasteiger partial charge in [-0.15, -0.1) is 0 Å². The first kappa shape index (κ1) is 17.7. The maximum Gasteiger partial charge on any atom is 0.247 e. The Kier molecular flexibility index (Phi) is 4.90. The molecule has 1 fully saturated rings. The fourth-order valence-corrected chi connectivity index (χ4v) is 3.20. The monoisotopic (exact) mass is 380 g/mol. The molecule has 1 aliphatic carbocycles. The average molecular weight is 381 g/mol. The van der Waals surface area contributed by atoms with Crippen molar-refractivity contribution < 1.29 is 9.18 Å². The first-order chi connectivity index (χ1) is 13.1. The summed E-state index contributed by atoms with van der Waals surface area (Å²) in [7, 11) is 0. The minimum absolute atomic E-state index is 0.131. The van der Waals surface area contributed by atoms with Crippen LogP contribution in [0, 0.1) is 5.82 Å². The molecule has 3 nitrogen and oxygen atoms in total. The van der Waals surface area contributed by atoms with E-state index in [1.807, 2.05) is 24.3 Å². The molecule has 0 atom stereocenters. The molecule has 0 unspecified atom stereocenters. The van der Waals surface area contributed by atoms with Crippen molar-refractivity contribution >= 4 is 34.5 Å². The molecule has 4 rings (SSSR count). The average Bonchev–Trinajstić information content (AvgIpc) is 3.50. The number of amides is 1.